The minimum Gasteiger partial charge on any atom is -0.345 e. The molecule has 7 nitrogen and oxygen atoms in total. The molecule has 0 unspecified atom stereocenters. The molecule has 3 aromatic heterocycles. The largest absolute Gasteiger partial charge is 0.345 e. The number of nitrogens with one attached hydrogen (secondary N) is 2. The number of H-pyrrole nitrogens is 1. The van der Waals surface area contributed by atoms with Crippen molar-refractivity contribution in [3.63, 3.8) is 0 Å². The van der Waals surface area contributed by atoms with E-state index in [9.17, 15) is 4.79 Å². The summed E-state index contributed by atoms with van der Waals surface area (Å²) in [6, 6.07) is 14.0. The molecule has 1 amide bonds. The third kappa shape index (κ3) is 4.20. The lowest BCUT2D eigenvalue weighted by Crippen LogP contribution is -2.25. The van der Waals surface area contributed by atoms with Crippen LogP contribution in [0.5, 0.6) is 0 Å². The first kappa shape index (κ1) is 19.3. The van der Waals surface area contributed by atoms with Crippen LogP contribution in [-0.4, -0.2) is 30.5 Å². The molecule has 3 heterocycles. The van der Waals surface area contributed by atoms with E-state index in [0.717, 1.165) is 10.4 Å². The lowest BCUT2D eigenvalue weighted by molar-refractivity contribution is 0.0950. The highest BCUT2D eigenvalue weighted by Gasteiger charge is 2.19. The van der Waals surface area contributed by atoms with Gasteiger partial charge in [-0.15, -0.1) is 11.3 Å². The number of nitrogens with zero attached hydrogens (tertiary/aromatic N) is 4. The van der Waals surface area contributed by atoms with Gasteiger partial charge in [0.1, 0.15) is 5.69 Å². The van der Waals surface area contributed by atoms with Gasteiger partial charge in [-0.3, -0.25) is 14.6 Å². The van der Waals surface area contributed by atoms with E-state index in [1.807, 2.05) is 59.3 Å². The van der Waals surface area contributed by atoms with Crippen molar-refractivity contribution in [3.8, 4) is 10.6 Å². The highest BCUT2D eigenvalue weighted by molar-refractivity contribution is 7.71. The highest BCUT2D eigenvalue weighted by Crippen LogP contribution is 2.27. The minimum absolute atomic E-state index is 0.190. The summed E-state index contributed by atoms with van der Waals surface area (Å²) in [6.07, 6.45) is 1.80. The van der Waals surface area contributed by atoms with Crippen LogP contribution >= 0.6 is 23.6 Å². The zero-order chi connectivity index (χ0) is 20.2. The van der Waals surface area contributed by atoms with Crippen LogP contribution in [0, 0.1) is 4.77 Å². The molecular formula is C20H20N6OS2. The van der Waals surface area contributed by atoms with Crippen molar-refractivity contribution < 1.29 is 4.79 Å². The van der Waals surface area contributed by atoms with Gasteiger partial charge in [0.25, 0.3) is 5.91 Å². The van der Waals surface area contributed by atoms with E-state index in [-0.39, 0.29) is 12.5 Å². The van der Waals surface area contributed by atoms with E-state index in [1.54, 1.807) is 22.2 Å². The topological polar surface area (TPSA) is 80.5 Å². The van der Waals surface area contributed by atoms with Gasteiger partial charge in [-0.2, -0.15) is 10.2 Å². The summed E-state index contributed by atoms with van der Waals surface area (Å²) in [5, 5.41) is 16.6. The predicted octanol–water partition coefficient (Wildman–Crippen LogP) is 3.86. The predicted molar refractivity (Wildman–Crippen MR) is 115 cm³/mol. The van der Waals surface area contributed by atoms with Gasteiger partial charge in [-0.05, 0) is 36.2 Å². The molecule has 0 spiro atoms. The molecule has 0 fully saturated rings. The van der Waals surface area contributed by atoms with Crippen LogP contribution in [0.3, 0.4) is 0 Å². The number of hydrogen-bond acceptors (Lipinski definition) is 5. The van der Waals surface area contributed by atoms with Crippen LogP contribution in [0.15, 0.2) is 54.0 Å². The second kappa shape index (κ2) is 8.54. The number of hydrogen-bond donors (Lipinski definition) is 2. The Balaban J connectivity index is 1.59. The van der Waals surface area contributed by atoms with Crippen molar-refractivity contribution in [2.75, 3.05) is 0 Å². The third-order valence-electron chi connectivity index (χ3n) is 4.51. The Morgan fingerprint density at radius 2 is 2.07 bits per heavy atom. The lowest BCUT2D eigenvalue weighted by atomic mass is 10.2. The Kier molecular flexibility index (Phi) is 5.68. The number of aromatic nitrogens is 5. The number of carbonyl (C=O) groups is 1. The monoisotopic (exact) mass is 424 g/mol. The summed E-state index contributed by atoms with van der Waals surface area (Å²) >= 11 is 6.77. The molecule has 4 rings (SSSR count). The van der Waals surface area contributed by atoms with Crippen LogP contribution < -0.4 is 5.32 Å². The van der Waals surface area contributed by atoms with E-state index < -0.39 is 0 Å². The highest BCUT2D eigenvalue weighted by atomic mass is 32.1. The molecule has 148 valence electrons. The maximum atomic E-state index is 13.0. The van der Waals surface area contributed by atoms with Crippen LogP contribution in [0.4, 0.5) is 0 Å². The van der Waals surface area contributed by atoms with Crippen LogP contribution in [0.25, 0.3) is 10.6 Å². The number of amides is 1. The Morgan fingerprint density at radius 3 is 2.79 bits per heavy atom. The number of aromatic amines is 1. The van der Waals surface area contributed by atoms with E-state index in [4.69, 9.17) is 12.2 Å². The summed E-state index contributed by atoms with van der Waals surface area (Å²) in [6.45, 7) is 3.56. The summed E-state index contributed by atoms with van der Waals surface area (Å²) in [5.41, 5.74) is 2.35. The molecule has 2 N–H and O–H groups in total. The summed E-state index contributed by atoms with van der Waals surface area (Å²) in [5.74, 6) is 0.504. The van der Waals surface area contributed by atoms with Gasteiger partial charge < -0.3 is 9.88 Å². The van der Waals surface area contributed by atoms with Gasteiger partial charge in [0.2, 0.25) is 0 Å². The van der Waals surface area contributed by atoms with Crippen molar-refractivity contribution in [2.24, 2.45) is 0 Å². The second-order valence-corrected chi connectivity index (χ2v) is 7.76. The molecule has 29 heavy (non-hydrogen) atoms. The normalized spacial score (nSPS) is 10.9. The maximum absolute atomic E-state index is 13.0. The molecule has 0 aliphatic carbocycles. The number of benzene rings is 1. The Bertz CT molecular complexity index is 1160. The average Bonchev–Trinajstić information content (AvgIpc) is 3.46. The fourth-order valence-corrected chi connectivity index (χ4v) is 4.10. The standard InChI is InChI=1S/C20H20N6OS2/c1-2-26-17(22-23-20(26)28)11-21-19(27)15-13-25(12-14-7-4-3-5-8-14)24-18(15)16-9-6-10-29-16/h3-10,13H,2,11-12H2,1H3,(H,21,27)(H,23,28). The summed E-state index contributed by atoms with van der Waals surface area (Å²) in [4.78, 5) is 13.9. The Labute approximate surface area is 177 Å². The fourth-order valence-electron chi connectivity index (χ4n) is 3.10. The molecule has 1 aromatic carbocycles. The van der Waals surface area contributed by atoms with Crippen molar-refractivity contribution in [1.29, 1.82) is 0 Å². The number of thiophene rings is 1. The average molecular weight is 425 g/mol. The molecular weight excluding hydrogens is 404 g/mol. The SMILES string of the molecule is CCn1c(CNC(=O)c2cn(Cc3ccccc3)nc2-c2cccs2)n[nH]c1=S. The Morgan fingerprint density at radius 1 is 1.24 bits per heavy atom. The smallest absolute Gasteiger partial charge is 0.255 e. The first-order valence-corrected chi connectivity index (χ1v) is 10.5. The second-order valence-electron chi connectivity index (χ2n) is 6.42. The van der Waals surface area contributed by atoms with Crippen LogP contribution in [0.2, 0.25) is 0 Å². The molecule has 4 aromatic rings. The maximum Gasteiger partial charge on any atom is 0.255 e. The van der Waals surface area contributed by atoms with Gasteiger partial charge >= 0.3 is 0 Å². The molecule has 0 saturated heterocycles. The van der Waals surface area contributed by atoms with E-state index in [0.29, 0.717) is 34.9 Å². The van der Waals surface area contributed by atoms with Crippen LogP contribution in [-0.2, 0) is 19.6 Å². The van der Waals surface area contributed by atoms with Crippen molar-refractivity contribution in [2.45, 2.75) is 26.6 Å². The van der Waals surface area contributed by atoms with Crippen molar-refractivity contribution in [3.05, 3.63) is 75.8 Å². The first-order valence-electron chi connectivity index (χ1n) is 9.23. The molecule has 0 radical (unpaired) electrons. The third-order valence-corrected chi connectivity index (χ3v) is 5.70. The van der Waals surface area contributed by atoms with Gasteiger partial charge in [0, 0.05) is 12.7 Å². The molecule has 0 bridgehead atoms. The van der Waals surface area contributed by atoms with Gasteiger partial charge in [-0.1, -0.05) is 36.4 Å². The van der Waals surface area contributed by atoms with Crippen LogP contribution in [0.1, 0.15) is 28.7 Å². The van der Waals surface area contributed by atoms with Gasteiger partial charge in [-0.25, -0.2) is 0 Å². The van der Waals surface area contributed by atoms with Crippen molar-refractivity contribution in [1.82, 2.24) is 29.9 Å². The Hall–Kier alpha value is -3.04. The minimum atomic E-state index is -0.190. The van der Waals surface area contributed by atoms with Gasteiger partial charge in [0.15, 0.2) is 10.6 Å². The summed E-state index contributed by atoms with van der Waals surface area (Å²) < 4.78 is 4.21. The summed E-state index contributed by atoms with van der Waals surface area (Å²) in [7, 11) is 0. The number of carbonyl (C=O) groups excluding carboxylic acids is 1. The van der Waals surface area contributed by atoms with Gasteiger partial charge in [0.05, 0.1) is 23.5 Å². The number of rotatable bonds is 7. The van der Waals surface area contributed by atoms with Crippen molar-refractivity contribution >= 4 is 29.5 Å². The lowest BCUT2D eigenvalue weighted by Gasteiger charge is -2.06. The fraction of sp³-hybridized carbons (Fsp3) is 0.200. The quantitative estimate of drug-likeness (QED) is 0.442. The van der Waals surface area contributed by atoms with E-state index in [1.165, 1.54) is 0 Å². The molecule has 0 saturated carbocycles. The van der Waals surface area contributed by atoms with E-state index >= 15 is 0 Å². The molecule has 9 heteroatoms. The molecule has 0 aliphatic rings. The van der Waals surface area contributed by atoms with E-state index in [2.05, 4.69) is 20.6 Å². The first-order chi connectivity index (χ1) is 14.2. The zero-order valence-corrected chi connectivity index (χ0v) is 17.5. The molecule has 0 atom stereocenters. The molecule has 0 aliphatic heterocycles. The zero-order valence-electron chi connectivity index (χ0n) is 15.8.